The van der Waals surface area contributed by atoms with Crippen LogP contribution in [0.2, 0.25) is 0 Å². The van der Waals surface area contributed by atoms with Crippen molar-refractivity contribution in [2.45, 2.75) is 0 Å². The topological polar surface area (TPSA) is 71.1 Å². The van der Waals surface area contributed by atoms with Crippen molar-refractivity contribution in [2.24, 2.45) is 0 Å². The number of hydrogen-bond acceptors (Lipinski definition) is 4. The van der Waals surface area contributed by atoms with Crippen LogP contribution < -0.4 is 4.74 Å². The summed E-state index contributed by atoms with van der Waals surface area (Å²) in [5.41, 5.74) is 4.58. The summed E-state index contributed by atoms with van der Waals surface area (Å²) in [5.74, 6) is 0.0473. The van der Waals surface area contributed by atoms with Gasteiger partial charge in [-0.3, -0.25) is 14.8 Å². The Morgan fingerprint density at radius 3 is 2.94 bits per heavy atom. The zero-order valence-electron chi connectivity index (χ0n) is 17.0. The molecule has 0 atom stereocenters. The second-order valence-electron chi connectivity index (χ2n) is 6.97. The maximum Gasteiger partial charge on any atom is 0.245 e. The van der Waals surface area contributed by atoms with E-state index in [-0.39, 0.29) is 18.3 Å². The van der Waals surface area contributed by atoms with Gasteiger partial charge in [0.25, 0.3) is 0 Å². The van der Waals surface area contributed by atoms with Crippen molar-refractivity contribution in [1.82, 2.24) is 19.9 Å². The molecule has 31 heavy (non-hydrogen) atoms. The van der Waals surface area contributed by atoms with Crippen LogP contribution in [0.5, 0.6) is 5.75 Å². The van der Waals surface area contributed by atoms with E-state index in [1.54, 1.807) is 31.7 Å². The number of nitrogens with zero attached hydrogens (tertiary/aromatic N) is 3. The van der Waals surface area contributed by atoms with Gasteiger partial charge in [0.2, 0.25) is 5.91 Å². The van der Waals surface area contributed by atoms with E-state index in [0.29, 0.717) is 17.9 Å². The second-order valence-corrected chi connectivity index (χ2v) is 6.97. The van der Waals surface area contributed by atoms with E-state index in [1.807, 2.05) is 24.3 Å². The third-order valence-electron chi connectivity index (χ3n) is 4.96. The first-order valence-corrected chi connectivity index (χ1v) is 9.76. The summed E-state index contributed by atoms with van der Waals surface area (Å²) < 4.78 is 20.0. The summed E-state index contributed by atoms with van der Waals surface area (Å²) in [6, 6.07) is 12.0. The number of H-pyrrole nitrogens is 1. The molecule has 156 valence electrons. The molecule has 4 aromatic rings. The number of amides is 1. The van der Waals surface area contributed by atoms with E-state index < -0.39 is 0 Å². The number of halogens is 1. The molecule has 7 heteroatoms. The monoisotopic (exact) mass is 416 g/mol. The number of carbonyl (C=O) groups is 1. The highest BCUT2D eigenvalue weighted by atomic mass is 19.1. The summed E-state index contributed by atoms with van der Waals surface area (Å²) in [6.45, 7) is 4.16. The lowest BCUT2D eigenvalue weighted by Gasteiger charge is -2.16. The number of nitrogens with one attached hydrogen (secondary N) is 1. The fourth-order valence-electron chi connectivity index (χ4n) is 3.41. The number of carbonyl (C=O) groups excluding carboxylic acids is 1. The minimum absolute atomic E-state index is 0.176. The van der Waals surface area contributed by atoms with Gasteiger partial charge in [0, 0.05) is 30.6 Å². The molecule has 0 saturated carbocycles. The normalized spacial score (nSPS) is 10.8. The third-order valence-corrected chi connectivity index (χ3v) is 4.96. The highest BCUT2D eigenvalue weighted by Gasteiger charge is 2.19. The number of ether oxygens (including phenoxy) is 1. The van der Waals surface area contributed by atoms with Crippen molar-refractivity contribution < 1.29 is 13.9 Å². The summed E-state index contributed by atoms with van der Waals surface area (Å²) >= 11 is 0. The summed E-state index contributed by atoms with van der Waals surface area (Å²) in [5, 5.41) is 0. The SMILES string of the molecule is C=CC(=O)N(C)CCOc1cnccc1-c1[nH]c2cccnc2c1-c1cccc(F)c1. The lowest BCUT2D eigenvalue weighted by atomic mass is 10.0. The van der Waals surface area contributed by atoms with Gasteiger partial charge in [-0.1, -0.05) is 18.7 Å². The first-order valence-electron chi connectivity index (χ1n) is 9.76. The minimum atomic E-state index is -0.324. The van der Waals surface area contributed by atoms with Crippen LogP contribution in [0.4, 0.5) is 4.39 Å². The van der Waals surface area contributed by atoms with Gasteiger partial charge in [-0.05, 0) is 42.0 Å². The molecule has 0 radical (unpaired) electrons. The molecule has 0 aliphatic rings. The molecule has 3 aromatic heterocycles. The van der Waals surface area contributed by atoms with E-state index >= 15 is 0 Å². The van der Waals surface area contributed by atoms with Gasteiger partial charge in [0.1, 0.15) is 18.2 Å². The first-order chi connectivity index (χ1) is 15.1. The third kappa shape index (κ3) is 4.16. The maximum atomic E-state index is 14.0. The Bertz CT molecular complexity index is 1250. The number of aromatic nitrogens is 3. The van der Waals surface area contributed by atoms with Gasteiger partial charge in [0.15, 0.2) is 0 Å². The Kier molecular flexibility index (Phi) is 5.75. The largest absolute Gasteiger partial charge is 0.489 e. The number of hydrogen-bond donors (Lipinski definition) is 1. The molecule has 1 aromatic carbocycles. The van der Waals surface area contributed by atoms with E-state index in [9.17, 15) is 9.18 Å². The van der Waals surface area contributed by atoms with E-state index in [4.69, 9.17) is 4.74 Å². The second kappa shape index (κ2) is 8.79. The molecule has 0 saturated heterocycles. The number of benzene rings is 1. The number of aromatic amines is 1. The zero-order chi connectivity index (χ0) is 21.8. The van der Waals surface area contributed by atoms with Crippen LogP contribution in [0.15, 0.2) is 73.7 Å². The Balaban J connectivity index is 1.75. The molecule has 0 unspecified atom stereocenters. The Morgan fingerprint density at radius 2 is 2.13 bits per heavy atom. The van der Waals surface area contributed by atoms with Crippen LogP contribution in [-0.2, 0) is 4.79 Å². The predicted octanol–water partition coefficient (Wildman–Crippen LogP) is 4.45. The van der Waals surface area contributed by atoms with Gasteiger partial charge in [0.05, 0.1) is 29.5 Å². The average molecular weight is 416 g/mol. The fraction of sp³-hybridized carbons (Fsp3) is 0.125. The number of likely N-dealkylation sites (N-methyl/N-ethyl adjacent to an activating group) is 1. The summed E-state index contributed by atoms with van der Waals surface area (Å²) in [6.07, 6.45) is 6.26. The molecule has 1 amide bonds. The fourth-order valence-corrected chi connectivity index (χ4v) is 3.41. The number of pyridine rings is 2. The first kappa shape index (κ1) is 20.3. The molecule has 0 spiro atoms. The molecule has 1 N–H and O–H groups in total. The number of fused-ring (bicyclic) bond motifs is 1. The van der Waals surface area contributed by atoms with Crippen molar-refractivity contribution in [2.75, 3.05) is 20.2 Å². The van der Waals surface area contributed by atoms with Crippen LogP contribution in [0, 0.1) is 5.82 Å². The Morgan fingerprint density at radius 1 is 1.26 bits per heavy atom. The van der Waals surface area contributed by atoms with Crippen LogP contribution in [0.3, 0.4) is 0 Å². The van der Waals surface area contributed by atoms with Gasteiger partial charge in [-0.15, -0.1) is 0 Å². The van der Waals surface area contributed by atoms with Gasteiger partial charge >= 0.3 is 0 Å². The molecule has 0 fully saturated rings. The maximum absolute atomic E-state index is 14.0. The Hall–Kier alpha value is -4.00. The lowest BCUT2D eigenvalue weighted by molar-refractivity contribution is -0.125. The quantitative estimate of drug-likeness (QED) is 0.452. The Labute approximate surface area is 179 Å². The molecule has 0 aliphatic carbocycles. The lowest BCUT2D eigenvalue weighted by Crippen LogP contribution is -2.29. The van der Waals surface area contributed by atoms with Crippen molar-refractivity contribution in [3.8, 4) is 28.1 Å². The molecule has 3 heterocycles. The van der Waals surface area contributed by atoms with Gasteiger partial charge in [-0.25, -0.2) is 4.39 Å². The van der Waals surface area contributed by atoms with Crippen LogP contribution in [0.25, 0.3) is 33.4 Å². The van der Waals surface area contributed by atoms with E-state index in [2.05, 4.69) is 21.5 Å². The van der Waals surface area contributed by atoms with Crippen LogP contribution in [-0.4, -0.2) is 46.0 Å². The van der Waals surface area contributed by atoms with E-state index in [1.165, 1.54) is 23.1 Å². The molecular weight excluding hydrogens is 395 g/mol. The highest BCUT2D eigenvalue weighted by Crippen LogP contribution is 2.40. The van der Waals surface area contributed by atoms with Gasteiger partial charge < -0.3 is 14.6 Å². The van der Waals surface area contributed by atoms with Crippen LogP contribution >= 0.6 is 0 Å². The van der Waals surface area contributed by atoms with Crippen molar-refractivity contribution in [1.29, 1.82) is 0 Å². The zero-order valence-corrected chi connectivity index (χ0v) is 17.0. The predicted molar refractivity (Wildman–Crippen MR) is 118 cm³/mol. The van der Waals surface area contributed by atoms with Crippen molar-refractivity contribution in [3.63, 3.8) is 0 Å². The standard InChI is InChI=1S/C24H21FN4O2/c1-3-21(30)29(2)12-13-31-20-15-26-11-9-18(20)23-22(16-6-4-7-17(25)14-16)24-19(28-23)8-5-10-27-24/h3-11,14-15,28H,1,12-13H2,2H3. The molecule has 4 rings (SSSR count). The van der Waals surface area contributed by atoms with E-state index in [0.717, 1.165) is 27.9 Å². The average Bonchev–Trinajstić information content (AvgIpc) is 3.18. The van der Waals surface area contributed by atoms with Crippen molar-refractivity contribution >= 4 is 16.9 Å². The molecule has 0 aliphatic heterocycles. The minimum Gasteiger partial charge on any atom is -0.489 e. The smallest absolute Gasteiger partial charge is 0.245 e. The summed E-state index contributed by atoms with van der Waals surface area (Å²) in [4.78, 5) is 25.3. The summed E-state index contributed by atoms with van der Waals surface area (Å²) in [7, 11) is 1.68. The van der Waals surface area contributed by atoms with Crippen molar-refractivity contribution in [3.05, 3.63) is 79.5 Å². The molecule has 6 nitrogen and oxygen atoms in total. The van der Waals surface area contributed by atoms with Crippen LogP contribution in [0.1, 0.15) is 0 Å². The molecular formula is C24H21FN4O2. The molecule has 0 bridgehead atoms. The van der Waals surface area contributed by atoms with Gasteiger partial charge in [-0.2, -0.15) is 0 Å². The highest BCUT2D eigenvalue weighted by molar-refractivity contribution is 6.02. The number of rotatable bonds is 7.